The predicted octanol–water partition coefficient (Wildman–Crippen LogP) is 3.82. The zero-order valence-corrected chi connectivity index (χ0v) is 12.5. The largest absolute Gasteiger partial charge is 0.378 e. The standard InChI is InChI=1S/C16H24ClNO/c1-18-15(4-2-5-16-6-3-11-19-16)12-13-7-9-14(17)10-8-13/h7-10,15-16,18H,2-6,11-12H2,1H3. The van der Waals surface area contributed by atoms with Crippen molar-refractivity contribution in [3.63, 3.8) is 0 Å². The molecule has 1 heterocycles. The molecule has 0 aromatic heterocycles. The van der Waals surface area contributed by atoms with Gasteiger partial charge < -0.3 is 10.1 Å². The van der Waals surface area contributed by atoms with Crippen LogP contribution in [-0.2, 0) is 11.2 Å². The molecule has 0 spiro atoms. The van der Waals surface area contributed by atoms with Gasteiger partial charge in [-0.2, -0.15) is 0 Å². The average molecular weight is 282 g/mol. The van der Waals surface area contributed by atoms with Crippen molar-refractivity contribution in [2.75, 3.05) is 13.7 Å². The van der Waals surface area contributed by atoms with Crippen LogP contribution in [0.5, 0.6) is 0 Å². The zero-order chi connectivity index (χ0) is 13.5. The molecule has 1 aromatic carbocycles. The van der Waals surface area contributed by atoms with E-state index in [2.05, 4.69) is 17.4 Å². The van der Waals surface area contributed by atoms with E-state index in [0.29, 0.717) is 12.1 Å². The molecule has 1 fully saturated rings. The molecule has 1 aliphatic rings. The monoisotopic (exact) mass is 281 g/mol. The smallest absolute Gasteiger partial charge is 0.0576 e. The molecular formula is C16H24ClNO. The quantitative estimate of drug-likeness (QED) is 0.820. The van der Waals surface area contributed by atoms with E-state index in [9.17, 15) is 0 Å². The Morgan fingerprint density at radius 2 is 2.16 bits per heavy atom. The highest BCUT2D eigenvalue weighted by Gasteiger charge is 2.15. The summed E-state index contributed by atoms with van der Waals surface area (Å²) in [4.78, 5) is 0. The van der Waals surface area contributed by atoms with Crippen molar-refractivity contribution in [2.45, 2.75) is 50.7 Å². The minimum absolute atomic E-state index is 0.521. The van der Waals surface area contributed by atoms with E-state index >= 15 is 0 Å². The van der Waals surface area contributed by atoms with Gasteiger partial charge in [-0.1, -0.05) is 23.7 Å². The van der Waals surface area contributed by atoms with Crippen LogP contribution in [0.2, 0.25) is 5.02 Å². The molecule has 106 valence electrons. The first-order chi connectivity index (χ1) is 9.28. The summed E-state index contributed by atoms with van der Waals surface area (Å²) in [5.74, 6) is 0. The van der Waals surface area contributed by atoms with E-state index in [1.54, 1.807) is 0 Å². The van der Waals surface area contributed by atoms with Crippen LogP contribution in [0.25, 0.3) is 0 Å². The van der Waals surface area contributed by atoms with Crippen molar-refractivity contribution in [1.29, 1.82) is 0 Å². The van der Waals surface area contributed by atoms with Crippen LogP contribution in [0.15, 0.2) is 24.3 Å². The second-order valence-electron chi connectivity index (χ2n) is 5.38. The fourth-order valence-electron chi connectivity index (χ4n) is 2.72. The Labute approximate surface area is 121 Å². The maximum absolute atomic E-state index is 5.91. The molecule has 1 aliphatic heterocycles. The molecule has 2 atom stereocenters. The maximum Gasteiger partial charge on any atom is 0.0576 e. The molecule has 1 saturated heterocycles. The van der Waals surface area contributed by atoms with E-state index in [-0.39, 0.29) is 0 Å². The molecule has 0 saturated carbocycles. The number of benzene rings is 1. The van der Waals surface area contributed by atoms with Crippen LogP contribution in [0.1, 0.15) is 37.7 Å². The molecule has 0 radical (unpaired) electrons. The SMILES string of the molecule is CNC(CCCC1CCCO1)Cc1ccc(Cl)cc1. The molecule has 0 amide bonds. The summed E-state index contributed by atoms with van der Waals surface area (Å²) in [6.45, 7) is 0.963. The Balaban J connectivity index is 1.71. The molecule has 3 heteroatoms. The van der Waals surface area contributed by atoms with E-state index in [1.165, 1.54) is 37.7 Å². The number of halogens is 1. The molecule has 19 heavy (non-hydrogen) atoms. The Hall–Kier alpha value is -0.570. The summed E-state index contributed by atoms with van der Waals surface area (Å²) in [7, 11) is 2.05. The van der Waals surface area contributed by atoms with E-state index in [0.717, 1.165) is 18.1 Å². The Bertz CT molecular complexity index is 360. The minimum atomic E-state index is 0.521. The van der Waals surface area contributed by atoms with E-state index in [4.69, 9.17) is 16.3 Å². The van der Waals surface area contributed by atoms with Gasteiger partial charge in [-0.15, -0.1) is 0 Å². The lowest BCUT2D eigenvalue weighted by atomic mass is 9.99. The normalized spacial score (nSPS) is 20.6. The molecule has 0 bridgehead atoms. The maximum atomic E-state index is 5.91. The van der Waals surface area contributed by atoms with Gasteiger partial charge in [0.05, 0.1) is 6.10 Å². The molecule has 0 aliphatic carbocycles. The van der Waals surface area contributed by atoms with Gasteiger partial charge in [0.2, 0.25) is 0 Å². The fourth-order valence-corrected chi connectivity index (χ4v) is 2.84. The third-order valence-electron chi connectivity index (χ3n) is 3.91. The van der Waals surface area contributed by atoms with Gasteiger partial charge in [0.25, 0.3) is 0 Å². The number of nitrogens with one attached hydrogen (secondary N) is 1. The lowest BCUT2D eigenvalue weighted by Crippen LogP contribution is -2.27. The second kappa shape index (κ2) is 7.88. The Morgan fingerprint density at radius 1 is 1.37 bits per heavy atom. The molecule has 2 nitrogen and oxygen atoms in total. The first-order valence-electron chi connectivity index (χ1n) is 7.31. The predicted molar refractivity (Wildman–Crippen MR) is 80.8 cm³/mol. The van der Waals surface area contributed by atoms with Crippen molar-refractivity contribution in [3.8, 4) is 0 Å². The number of ether oxygens (including phenoxy) is 1. The highest BCUT2D eigenvalue weighted by molar-refractivity contribution is 6.30. The van der Waals surface area contributed by atoms with E-state index in [1.807, 2.05) is 19.2 Å². The first kappa shape index (κ1) is 14.8. The van der Waals surface area contributed by atoms with Crippen molar-refractivity contribution < 1.29 is 4.74 Å². The third kappa shape index (κ3) is 5.13. The van der Waals surface area contributed by atoms with Crippen LogP contribution >= 0.6 is 11.6 Å². The van der Waals surface area contributed by atoms with Crippen LogP contribution < -0.4 is 5.32 Å². The molecule has 1 aromatic rings. The summed E-state index contributed by atoms with van der Waals surface area (Å²) >= 11 is 5.91. The van der Waals surface area contributed by atoms with Crippen molar-refractivity contribution in [2.24, 2.45) is 0 Å². The van der Waals surface area contributed by atoms with Gasteiger partial charge in [0.15, 0.2) is 0 Å². The van der Waals surface area contributed by atoms with Crippen molar-refractivity contribution in [1.82, 2.24) is 5.32 Å². The summed E-state index contributed by atoms with van der Waals surface area (Å²) in [5.41, 5.74) is 1.35. The number of likely N-dealkylation sites (N-methyl/N-ethyl adjacent to an activating group) is 1. The molecule has 2 rings (SSSR count). The van der Waals surface area contributed by atoms with Gasteiger partial charge in [-0.25, -0.2) is 0 Å². The highest BCUT2D eigenvalue weighted by Crippen LogP contribution is 2.19. The van der Waals surface area contributed by atoms with Gasteiger partial charge >= 0.3 is 0 Å². The van der Waals surface area contributed by atoms with Gasteiger partial charge in [0.1, 0.15) is 0 Å². The lowest BCUT2D eigenvalue weighted by molar-refractivity contribution is 0.101. The topological polar surface area (TPSA) is 21.3 Å². The van der Waals surface area contributed by atoms with Crippen LogP contribution in [-0.4, -0.2) is 25.8 Å². The van der Waals surface area contributed by atoms with Crippen LogP contribution in [0.3, 0.4) is 0 Å². The first-order valence-corrected chi connectivity index (χ1v) is 7.69. The summed E-state index contributed by atoms with van der Waals surface area (Å²) in [6.07, 6.45) is 7.74. The van der Waals surface area contributed by atoms with E-state index < -0.39 is 0 Å². The third-order valence-corrected chi connectivity index (χ3v) is 4.16. The highest BCUT2D eigenvalue weighted by atomic mass is 35.5. The Kier molecular flexibility index (Phi) is 6.15. The van der Waals surface area contributed by atoms with Crippen LogP contribution in [0, 0.1) is 0 Å². The second-order valence-corrected chi connectivity index (χ2v) is 5.82. The van der Waals surface area contributed by atoms with Crippen molar-refractivity contribution in [3.05, 3.63) is 34.9 Å². The number of hydrogen-bond acceptors (Lipinski definition) is 2. The van der Waals surface area contributed by atoms with Gasteiger partial charge in [-0.3, -0.25) is 0 Å². The minimum Gasteiger partial charge on any atom is -0.378 e. The molecule has 2 unspecified atom stereocenters. The van der Waals surface area contributed by atoms with Crippen LogP contribution in [0.4, 0.5) is 0 Å². The molecular weight excluding hydrogens is 258 g/mol. The number of hydrogen-bond donors (Lipinski definition) is 1. The summed E-state index contributed by atoms with van der Waals surface area (Å²) < 4.78 is 5.66. The lowest BCUT2D eigenvalue weighted by Gasteiger charge is -2.17. The molecule has 1 N–H and O–H groups in total. The average Bonchev–Trinajstić information content (AvgIpc) is 2.93. The number of rotatable bonds is 7. The zero-order valence-electron chi connectivity index (χ0n) is 11.7. The van der Waals surface area contributed by atoms with Gasteiger partial charge in [0, 0.05) is 17.7 Å². The summed E-state index contributed by atoms with van der Waals surface area (Å²) in [6, 6.07) is 8.72. The Morgan fingerprint density at radius 3 is 2.79 bits per heavy atom. The van der Waals surface area contributed by atoms with Gasteiger partial charge in [-0.05, 0) is 63.3 Å². The summed E-state index contributed by atoms with van der Waals surface area (Å²) in [5, 5.41) is 4.23. The van der Waals surface area contributed by atoms with Crippen molar-refractivity contribution >= 4 is 11.6 Å². The fraction of sp³-hybridized carbons (Fsp3) is 0.625.